The summed E-state index contributed by atoms with van der Waals surface area (Å²) in [6.45, 7) is 2.87. The van der Waals surface area contributed by atoms with Crippen molar-refractivity contribution in [3.63, 3.8) is 0 Å². The van der Waals surface area contributed by atoms with Gasteiger partial charge in [0.2, 0.25) is 5.91 Å². The molecule has 1 unspecified atom stereocenters. The van der Waals surface area contributed by atoms with Crippen LogP contribution >= 0.6 is 15.9 Å². The normalized spacial score (nSPS) is 18.9. The lowest BCUT2D eigenvalue weighted by Crippen LogP contribution is -2.56. The Bertz CT molecular complexity index is 710. The van der Waals surface area contributed by atoms with Gasteiger partial charge in [0.25, 0.3) is 5.91 Å². The standard InChI is InChI=1S/C15H15BrN2O3/c1-2-11-14(19)17-6-7-18(11)15(20)12-8-9-4-3-5-10(16)13(9)21-12/h3-5,8,11H,2,6-7H2,1H3,(H,17,19). The summed E-state index contributed by atoms with van der Waals surface area (Å²) in [6.07, 6.45) is 0.585. The lowest BCUT2D eigenvalue weighted by molar-refractivity contribution is -0.127. The van der Waals surface area contributed by atoms with Crippen LogP contribution in [-0.4, -0.2) is 35.8 Å². The molecule has 2 aromatic rings. The summed E-state index contributed by atoms with van der Waals surface area (Å²) in [5, 5.41) is 3.65. The molecule has 21 heavy (non-hydrogen) atoms. The van der Waals surface area contributed by atoms with Gasteiger partial charge in [-0.15, -0.1) is 0 Å². The average Bonchev–Trinajstić information content (AvgIpc) is 2.92. The molecule has 1 aromatic carbocycles. The number of carbonyl (C=O) groups is 2. The van der Waals surface area contributed by atoms with Crippen LogP contribution in [0, 0.1) is 0 Å². The molecule has 5 nitrogen and oxygen atoms in total. The number of fused-ring (bicyclic) bond motifs is 1. The van der Waals surface area contributed by atoms with Crippen LogP contribution in [0.15, 0.2) is 33.2 Å². The Morgan fingerprint density at radius 2 is 2.33 bits per heavy atom. The third-order valence-electron chi connectivity index (χ3n) is 3.69. The smallest absolute Gasteiger partial charge is 0.290 e. The number of furan rings is 1. The number of hydrogen-bond donors (Lipinski definition) is 1. The first-order valence-corrected chi connectivity index (χ1v) is 7.68. The minimum absolute atomic E-state index is 0.102. The molecule has 1 aromatic heterocycles. The number of hydrogen-bond acceptors (Lipinski definition) is 3. The van der Waals surface area contributed by atoms with Gasteiger partial charge in [-0.25, -0.2) is 0 Å². The summed E-state index contributed by atoms with van der Waals surface area (Å²) in [7, 11) is 0. The fraction of sp³-hybridized carbons (Fsp3) is 0.333. The van der Waals surface area contributed by atoms with Gasteiger partial charge < -0.3 is 14.6 Å². The van der Waals surface area contributed by atoms with Crippen molar-refractivity contribution in [3.8, 4) is 0 Å². The number of piperazine rings is 1. The van der Waals surface area contributed by atoms with Gasteiger partial charge in [-0.3, -0.25) is 9.59 Å². The van der Waals surface area contributed by atoms with E-state index in [9.17, 15) is 9.59 Å². The lowest BCUT2D eigenvalue weighted by atomic mass is 10.1. The maximum Gasteiger partial charge on any atom is 0.290 e. The van der Waals surface area contributed by atoms with Crippen molar-refractivity contribution < 1.29 is 14.0 Å². The molecule has 0 radical (unpaired) electrons. The number of para-hydroxylation sites is 1. The Morgan fingerprint density at radius 1 is 1.52 bits per heavy atom. The molecule has 0 saturated carbocycles. The van der Waals surface area contributed by atoms with Crippen LogP contribution in [0.2, 0.25) is 0 Å². The second kappa shape index (κ2) is 5.52. The van der Waals surface area contributed by atoms with E-state index < -0.39 is 6.04 Å². The van der Waals surface area contributed by atoms with E-state index in [-0.39, 0.29) is 17.6 Å². The van der Waals surface area contributed by atoms with Crippen LogP contribution in [-0.2, 0) is 4.79 Å². The number of amides is 2. The number of halogens is 1. The van der Waals surface area contributed by atoms with Crippen molar-refractivity contribution in [2.75, 3.05) is 13.1 Å². The number of nitrogens with one attached hydrogen (secondary N) is 1. The van der Waals surface area contributed by atoms with Crippen molar-refractivity contribution in [2.24, 2.45) is 0 Å². The molecule has 1 N–H and O–H groups in total. The summed E-state index contributed by atoms with van der Waals surface area (Å²) in [6, 6.07) is 6.94. The fourth-order valence-corrected chi connectivity index (χ4v) is 3.10. The summed E-state index contributed by atoms with van der Waals surface area (Å²) in [4.78, 5) is 26.1. The quantitative estimate of drug-likeness (QED) is 0.905. The second-order valence-electron chi connectivity index (χ2n) is 4.98. The highest BCUT2D eigenvalue weighted by Crippen LogP contribution is 2.28. The van der Waals surface area contributed by atoms with Crippen molar-refractivity contribution in [1.82, 2.24) is 10.2 Å². The summed E-state index contributed by atoms with van der Waals surface area (Å²) < 4.78 is 6.48. The molecule has 0 spiro atoms. The fourth-order valence-electron chi connectivity index (χ4n) is 2.64. The SMILES string of the molecule is CCC1C(=O)NCCN1C(=O)c1cc2cccc(Br)c2o1. The predicted octanol–water partition coefficient (Wildman–Crippen LogP) is 2.55. The third kappa shape index (κ3) is 2.44. The van der Waals surface area contributed by atoms with Crippen LogP contribution in [0.25, 0.3) is 11.0 Å². The number of benzene rings is 1. The van der Waals surface area contributed by atoms with Gasteiger partial charge in [-0.1, -0.05) is 19.1 Å². The molecule has 0 aliphatic carbocycles. The van der Waals surface area contributed by atoms with Crippen LogP contribution in [0.5, 0.6) is 0 Å². The van der Waals surface area contributed by atoms with E-state index in [0.29, 0.717) is 25.1 Å². The van der Waals surface area contributed by atoms with Gasteiger partial charge in [0.1, 0.15) is 11.6 Å². The first-order chi connectivity index (χ1) is 10.1. The topological polar surface area (TPSA) is 62.6 Å². The first kappa shape index (κ1) is 14.1. The van der Waals surface area contributed by atoms with Crippen LogP contribution in [0.4, 0.5) is 0 Å². The molecule has 2 heterocycles. The maximum atomic E-state index is 12.6. The van der Waals surface area contributed by atoms with Gasteiger partial charge >= 0.3 is 0 Å². The summed E-state index contributed by atoms with van der Waals surface area (Å²) in [5.41, 5.74) is 0.648. The Kier molecular flexibility index (Phi) is 3.71. The lowest BCUT2D eigenvalue weighted by Gasteiger charge is -2.33. The zero-order chi connectivity index (χ0) is 15.0. The average molecular weight is 351 g/mol. The molecular formula is C15H15BrN2O3. The molecule has 1 aliphatic rings. The third-order valence-corrected chi connectivity index (χ3v) is 4.31. The molecule has 1 saturated heterocycles. The Labute approximate surface area is 130 Å². The molecule has 3 rings (SSSR count). The van der Waals surface area contributed by atoms with Crippen molar-refractivity contribution in [1.29, 1.82) is 0 Å². The molecule has 110 valence electrons. The molecule has 2 amide bonds. The predicted molar refractivity (Wildman–Crippen MR) is 82.0 cm³/mol. The van der Waals surface area contributed by atoms with Gasteiger partial charge in [-0.05, 0) is 34.5 Å². The Morgan fingerprint density at radius 3 is 3.05 bits per heavy atom. The Balaban J connectivity index is 1.96. The van der Waals surface area contributed by atoms with Crippen molar-refractivity contribution >= 4 is 38.7 Å². The number of carbonyl (C=O) groups excluding carboxylic acids is 2. The van der Waals surface area contributed by atoms with Crippen LogP contribution < -0.4 is 5.32 Å². The molecule has 0 bridgehead atoms. The van der Waals surface area contributed by atoms with E-state index in [2.05, 4.69) is 21.2 Å². The zero-order valence-corrected chi connectivity index (χ0v) is 13.1. The minimum atomic E-state index is -0.428. The van der Waals surface area contributed by atoms with Gasteiger partial charge in [-0.2, -0.15) is 0 Å². The molecular weight excluding hydrogens is 336 g/mol. The summed E-state index contributed by atoms with van der Waals surface area (Å²) in [5.74, 6) is -0.0701. The van der Waals surface area contributed by atoms with Crippen molar-refractivity contribution in [3.05, 3.63) is 34.5 Å². The monoisotopic (exact) mass is 350 g/mol. The van der Waals surface area contributed by atoms with Gasteiger partial charge in [0.05, 0.1) is 4.47 Å². The Hall–Kier alpha value is -1.82. The maximum absolute atomic E-state index is 12.6. The van der Waals surface area contributed by atoms with Crippen LogP contribution in [0.3, 0.4) is 0 Å². The second-order valence-corrected chi connectivity index (χ2v) is 5.84. The van der Waals surface area contributed by atoms with Crippen molar-refractivity contribution in [2.45, 2.75) is 19.4 Å². The number of nitrogens with zero attached hydrogens (tertiary/aromatic N) is 1. The molecule has 6 heteroatoms. The van der Waals surface area contributed by atoms with E-state index >= 15 is 0 Å². The molecule has 1 aliphatic heterocycles. The van der Waals surface area contributed by atoms with Gasteiger partial charge in [0, 0.05) is 18.5 Å². The van der Waals surface area contributed by atoms with E-state index in [1.165, 1.54) is 0 Å². The molecule has 1 atom stereocenters. The zero-order valence-electron chi connectivity index (χ0n) is 11.6. The van der Waals surface area contributed by atoms with Gasteiger partial charge in [0.15, 0.2) is 5.76 Å². The minimum Gasteiger partial charge on any atom is -0.450 e. The highest BCUT2D eigenvalue weighted by Gasteiger charge is 2.33. The van der Waals surface area contributed by atoms with E-state index in [1.54, 1.807) is 11.0 Å². The number of rotatable bonds is 2. The van der Waals surface area contributed by atoms with E-state index in [4.69, 9.17) is 4.42 Å². The highest BCUT2D eigenvalue weighted by molar-refractivity contribution is 9.10. The highest BCUT2D eigenvalue weighted by atomic mass is 79.9. The first-order valence-electron chi connectivity index (χ1n) is 6.88. The van der Waals surface area contributed by atoms with Crippen LogP contribution in [0.1, 0.15) is 23.9 Å². The van der Waals surface area contributed by atoms with E-state index in [1.807, 2.05) is 25.1 Å². The largest absolute Gasteiger partial charge is 0.450 e. The molecule has 1 fully saturated rings. The summed E-state index contributed by atoms with van der Waals surface area (Å²) >= 11 is 3.41. The van der Waals surface area contributed by atoms with E-state index in [0.717, 1.165) is 9.86 Å².